The molecule has 0 unspecified atom stereocenters. The van der Waals surface area contributed by atoms with Crippen LogP contribution in [0.1, 0.15) is 22.8 Å². The van der Waals surface area contributed by atoms with Gasteiger partial charge in [-0.05, 0) is 12.5 Å². The first-order chi connectivity index (χ1) is 8.33. The number of allylic oxidation sites excluding steroid dienone is 2. The van der Waals surface area contributed by atoms with E-state index in [1.807, 2.05) is 73.7 Å². The second kappa shape index (κ2) is 5.26. The van der Waals surface area contributed by atoms with E-state index in [1.165, 1.54) is 0 Å². The van der Waals surface area contributed by atoms with E-state index < -0.39 is 0 Å². The summed E-state index contributed by atoms with van der Waals surface area (Å²) in [6.45, 7) is 1.89. The molecule has 0 spiro atoms. The Bertz CT molecular complexity index is 524. The maximum absolute atomic E-state index is 12.3. The molecule has 0 aliphatic heterocycles. The monoisotopic (exact) mass is 222 g/mol. The fourth-order valence-electron chi connectivity index (χ4n) is 1.79. The summed E-state index contributed by atoms with van der Waals surface area (Å²) in [6, 6.07) is 19.1. The first-order valence-electron chi connectivity index (χ1n) is 5.64. The highest BCUT2D eigenvalue weighted by molar-refractivity contribution is 6.28. The fraction of sp³-hybridized carbons (Fsp3) is 0.0625. The third-order valence-corrected chi connectivity index (χ3v) is 2.65. The van der Waals surface area contributed by atoms with Gasteiger partial charge >= 0.3 is 0 Å². The molecule has 0 bridgehead atoms. The van der Waals surface area contributed by atoms with Crippen molar-refractivity contribution < 1.29 is 4.79 Å². The molecule has 0 saturated heterocycles. The van der Waals surface area contributed by atoms with E-state index in [-0.39, 0.29) is 5.78 Å². The average Bonchev–Trinajstić information content (AvgIpc) is 2.42. The van der Waals surface area contributed by atoms with Gasteiger partial charge in [0.2, 0.25) is 0 Å². The molecule has 2 rings (SSSR count). The summed E-state index contributed by atoms with van der Waals surface area (Å²) in [5.74, 6) is 0.0688. The Balaban J connectivity index is 2.37. The molecule has 2 aromatic rings. The van der Waals surface area contributed by atoms with E-state index >= 15 is 0 Å². The molecule has 0 saturated carbocycles. The van der Waals surface area contributed by atoms with Crippen molar-refractivity contribution in [2.45, 2.75) is 6.92 Å². The molecule has 1 heteroatoms. The summed E-state index contributed by atoms with van der Waals surface area (Å²) in [7, 11) is 0. The van der Waals surface area contributed by atoms with Crippen LogP contribution in [0.3, 0.4) is 0 Å². The van der Waals surface area contributed by atoms with Gasteiger partial charge in [0.1, 0.15) is 0 Å². The lowest BCUT2D eigenvalue weighted by atomic mass is 9.97. The Kier molecular flexibility index (Phi) is 3.51. The van der Waals surface area contributed by atoms with Crippen molar-refractivity contribution in [1.29, 1.82) is 0 Å². The lowest BCUT2D eigenvalue weighted by molar-refractivity contribution is 0.105. The summed E-state index contributed by atoms with van der Waals surface area (Å²) in [5, 5.41) is 0. The molecular formula is C16H14O. The van der Waals surface area contributed by atoms with Gasteiger partial charge in [-0.3, -0.25) is 4.79 Å². The number of hydrogen-bond donors (Lipinski definition) is 0. The average molecular weight is 222 g/mol. The number of carbonyl (C=O) groups excluding carboxylic acids is 1. The first kappa shape index (κ1) is 11.3. The van der Waals surface area contributed by atoms with Gasteiger partial charge in [-0.2, -0.15) is 0 Å². The molecular weight excluding hydrogens is 208 g/mol. The third kappa shape index (κ3) is 2.51. The molecule has 0 aliphatic rings. The number of ketones is 1. The predicted molar refractivity (Wildman–Crippen MR) is 70.9 cm³/mol. The van der Waals surface area contributed by atoms with E-state index in [0.717, 1.165) is 16.7 Å². The number of Topliss-reactive ketones (excluding diaryl/α,β-unsaturated/α-hetero) is 1. The Morgan fingerprint density at radius 1 is 0.824 bits per heavy atom. The summed E-state index contributed by atoms with van der Waals surface area (Å²) in [4.78, 5) is 12.3. The highest BCUT2D eigenvalue weighted by Gasteiger charge is 2.12. The highest BCUT2D eigenvalue weighted by atomic mass is 16.1. The molecule has 0 heterocycles. The van der Waals surface area contributed by atoms with Crippen LogP contribution in [-0.4, -0.2) is 5.78 Å². The Labute approximate surface area is 101 Å². The number of hydrogen-bond acceptors (Lipinski definition) is 1. The van der Waals surface area contributed by atoms with Gasteiger partial charge in [0.05, 0.1) is 0 Å². The van der Waals surface area contributed by atoms with Gasteiger partial charge in [-0.25, -0.2) is 0 Å². The van der Waals surface area contributed by atoms with Crippen molar-refractivity contribution in [1.82, 2.24) is 0 Å². The molecule has 1 nitrogen and oxygen atoms in total. The summed E-state index contributed by atoms with van der Waals surface area (Å²) < 4.78 is 0. The second-order valence-electron chi connectivity index (χ2n) is 3.76. The number of benzene rings is 2. The van der Waals surface area contributed by atoms with Crippen molar-refractivity contribution >= 4 is 11.4 Å². The normalized spacial score (nSPS) is 11.2. The van der Waals surface area contributed by atoms with Crippen LogP contribution < -0.4 is 0 Å². The quantitative estimate of drug-likeness (QED) is 0.567. The summed E-state index contributed by atoms with van der Waals surface area (Å²) >= 11 is 0. The number of rotatable bonds is 3. The zero-order chi connectivity index (χ0) is 12.1. The maximum atomic E-state index is 12.3. The van der Waals surface area contributed by atoms with Crippen LogP contribution in [0.15, 0.2) is 66.7 Å². The van der Waals surface area contributed by atoms with Gasteiger partial charge in [0.15, 0.2) is 5.78 Å². The van der Waals surface area contributed by atoms with Crippen LogP contribution in [0.2, 0.25) is 0 Å². The van der Waals surface area contributed by atoms with Crippen LogP contribution in [-0.2, 0) is 0 Å². The van der Waals surface area contributed by atoms with Crippen LogP contribution >= 0.6 is 0 Å². The molecule has 0 atom stereocenters. The van der Waals surface area contributed by atoms with E-state index in [0.29, 0.717) is 0 Å². The minimum absolute atomic E-state index is 0.0688. The van der Waals surface area contributed by atoms with Crippen molar-refractivity contribution in [2.24, 2.45) is 0 Å². The maximum Gasteiger partial charge on any atom is 0.193 e. The van der Waals surface area contributed by atoms with Crippen molar-refractivity contribution in [2.75, 3.05) is 0 Å². The van der Waals surface area contributed by atoms with Crippen LogP contribution in [0, 0.1) is 0 Å². The van der Waals surface area contributed by atoms with Gasteiger partial charge < -0.3 is 0 Å². The molecule has 84 valence electrons. The van der Waals surface area contributed by atoms with Gasteiger partial charge in [0.25, 0.3) is 0 Å². The molecule has 0 fully saturated rings. The molecule has 0 aromatic heterocycles. The fourth-order valence-corrected chi connectivity index (χ4v) is 1.79. The van der Waals surface area contributed by atoms with E-state index in [1.54, 1.807) is 0 Å². The van der Waals surface area contributed by atoms with E-state index in [4.69, 9.17) is 0 Å². The molecule has 17 heavy (non-hydrogen) atoms. The minimum Gasteiger partial charge on any atom is -0.289 e. The second-order valence-corrected chi connectivity index (χ2v) is 3.76. The summed E-state index contributed by atoms with van der Waals surface area (Å²) in [6.07, 6.45) is 1.87. The Morgan fingerprint density at radius 3 is 1.76 bits per heavy atom. The minimum atomic E-state index is 0.0688. The topological polar surface area (TPSA) is 17.1 Å². The lowest BCUT2D eigenvalue weighted by Gasteiger charge is -2.06. The lowest BCUT2D eigenvalue weighted by Crippen LogP contribution is -2.02. The first-order valence-corrected chi connectivity index (χ1v) is 5.64. The predicted octanol–water partition coefficient (Wildman–Crippen LogP) is 3.97. The van der Waals surface area contributed by atoms with E-state index in [2.05, 4.69) is 0 Å². The molecule has 0 aliphatic carbocycles. The van der Waals surface area contributed by atoms with Crippen molar-refractivity contribution in [3.8, 4) is 0 Å². The molecule has 0 N–H and O–H groups in total. The summed E-state index contributed by atoms with van der Waals surface area (Å²) in [5.41, 5.74) is 2.44. The van der Waals surface area contributed by atoms with E-state index in [9.17, 15) is 4.79 Å². The van der Waals surface area contributed by atoms with Crippen LogP contribution in [0.25, 0.3) is 5.57 Å². The highest BCUT2D eigenvalue weighted by Crippen LogP contribution is 2.19. The Morgan fingerprint density at radius 2 is 1.29 bits per heavy atom. The van der Waals surface area contributed by atoms with Crippen LogP contribution in [0.4, 0.5) is 0 Å². The molecule has 2 aromatic carbocycles. The third-order valence-electron chi connectivity index (χ3n) is 2.65. The molecule has 0 radical (unpaired) electrons. The van der Waals surface area contributed by atoms with Gasteiger partial charge in [-0.1, -0.05) is 66.7 Å². The number of carbonyl (C=O) groups is 1. The van der Waals surface area contributed by atoms with Crippen molar-refractivity contribution in [3.63, 3.8) is 0 Å². The standard InChI is InChI=1S/C16H14O/c1-2-15(13-9-5-3-6-10-13)16(17)14-11-7-4-8-12-14/h2-12H,1H3/b15-2+. The largest absolute Gasteiger partial charge is 0.289 e. The SMILES string of the molecule is C/C=C(/C(=O)c1ccccc1)c1ccccc1. The van der Waals surface area contributed by atoms with Crippen LogP contribution in [0.5, 0.6) is 0 Å². The van der Waals surface area contributed by atoms with Gasteiger partial charge in [-0.15, -0.1) is 0 Å². The van der Waals surface area contributed by atoms with Gasteiger partial charge in [0, 0.05) is 11.1 Å². The van der Waals surface area contributed by atoms with Crippen molar-refractivity contribution in [3.05, 3.63) is 77.9 Å². The smallest absolute Gasteiger partial charge is 0.193 e. The zero-order valence-electron chi connectivity index (χ0n) is 9.76. The molecule has 0 amide bonds. The Hall–Kier alpha value is -2.15. The zero-order valence-corrected chi connectivity index (χ0v) is 9.76.